The lowest BCUT2D eigenvalue weighted by Crippen LogP contribution is -2.58. The first-order valence-electron chi connectivity index (χ1n) is 9.81. The highest BCUT2D eigenvalue weighted by Gasteiger charge is 2.53. The third-order valence-corrected chi connectivity index (χ3v) is 6.27. The number of likely N-dealkylation sites (tertiary alicyclic amines) is 1. The second kappa shape index (κ2) is 7.42. The van der Waals surface area contributed by atoms with Crippen LogP contribution in [0.3, 0.4) is 0 Å². The van der Waals surface area contributed by atoms with Gasteiger partial charge in [-0.1, -0.05) is 0 Å². The number of rotatable bonds is 4. The molecule has 1 atom stereocenters. The molecule has 6 nitrogen and oxygen atoms in total. The van der Waals surface area contributed by atoms with E-state index in [1.54, 1.807) is 6.92 Å². The molecule has 1 unspecified atom stereocenters. The zero-order valence-electron chi connectivity index (χ0n) is 16.1. The van der Waals surface area contributed by atoms with Gasteiger partial charge in [-0.25, -0.2) is 18.0 Å². The summed E-state index contributed by atoms with van der Waals surface area (Å²) < 4.78 is 50.6. The van der Waals surface area contributed by atoms with Crippen molar-refractivity contribution in [3.63, 3.8) is 0 Å². The highest BCUT2D eigenvalue weighted by molar-refractivity contribution is 5.81. The van der Waals surface area contributed by atoms with E-state index in [0.29, 0.717) is 51.4 Å². The summed E-state index contributed by atoms with van der Waals surface area (Å²) in [5.74, 6) is -3.62. The van der Waals surface area contributed by atoms with E-state index in [1.807, 2.05) is 4.90 Å². The van der Waals surface area contributed by atoms with Crippen molar-refractivity contribution in [2.75, 3.05) is 19.7 Å². The number of nitrogens with zero attached hydrogens (tertiary/aromatic N) is 1. The maximum Gasteiger partial charge on any atom is 0.407 e. The number of amides is 2. The van der Waals surface area contributed by atoms with E-state index in [2.05, 4.69) is 5.32 Å². The smallest absolute Gasteiger partial charge is 0.407 e. The summed E-state index contributed by atoms with van der Waals surface area (Å²) in [6, 6.07) is 1.19. The molecule has 2 aliphatic heterocycles. The number of ether oxygens (including phenoxy) is 2. The van der Waals surface area contributed by atoms with Gasteiger partial charge in [0.05, 0.1) is 11.6 Å². The Morgan fingerprint density at radius 1 is 1.21 bits per heavy atom. The number of hydrogen-bond acceptors (Lipinski definition) is 4. The van der Waals surface area contributed by atoms with Crippen molar-refractivity contribution < 1.29 is 32.2 Å². The molecular formula is C20H23F3N2O4. The second-order valence-electron chi connectivity index (χ2n) is 8.27. The second-order valence-corrected chi connectivity index (χ2v) is 8.27. The quantitative estimate of drug-likeness (QED) is 0.772. The fraction of sp³-hybridized carbons (Fsp3) is 0.600. The van der Waals surface area contributed by atoms with Crippen LogP contribution in [0, 0.1) is 29.3 Å². The van der Waals surface area contributed by atoms with Gasteiger partial charge in [0.1, 0.15) is 6.61 Å². The molecule has 0 aromatic heterocycles. The number of carbonyl (C=O) groups excluding carboxylic acids is 2. The summed E-state index contributed by atoms with van der Waals surface area (Å²) in [6.45, 7) is 3.20. The summed E-state index contributed by atoms with van der Waals surface area (Å²) in [5, 5.41) is 2.78. The number of nitrogens with one attached hydrogen (secondary N) is 1. The Kier molecular flexibility index (Phi) is 5.08. The van der Waals surface area contributed by atoms with Gasteiger partial charge < -0.3 is 19.7 Å². The number of hydrogen-bond donors (Lipinski definition) is 1. The van der Waals surface area contributed by atoms with Crippen LogP contribution in [0.15, 0.2) is 12.1 Å². The summed E-state index contributed by atoms with van der Waals surface area (Å²) in [6.07, 6.45) is 1.71. The molecule has 1 spiro atoms. The van der Waals surface area contributed by atoms with Crippen molar-refractivity contribution in [2.24, 2.45) is 11.8 Å². The van der Waals surface area contributed by atoms with E-state index in [1.165, 1.54) is 0 Å². The van der Waals surface area contributed by atoms with E-state index in [0.717, 1.165) is 6.07 Å². The zero-order valence-corrected chi connectivity index (χ0v) is 16.1. The molecular weight excluding hydrogens is 389 g/mol. The molecule has 2 heterocycles. The molecule has 1 aliphatic carbocycles. The predicted octanol–water partition coefficient (Wildman–Crippen LogP) is 3.00. The van der Waals surface area contributed by atoms with Gasteiger partial charge in [-0.2, -0.15) is 0 Å². The van der Waals surface area contributed by atoms with Crippen molar-refractivity contribution in [1.29, 1.82) is 0 Å². The monoisotopic (exact) mass is 412 g/mol. The first-order chi connectivity index (χ1) is 13.8. The molecule has 1 N–H and O–H groups in total. The van der Waals surface area contributed by atoms with Crippen LogP contribution in [0.2, 0.25) is 0 Å². The predicted molar refractivity (Wildman–Crippen MR) is 95.6 cm³/mol. The summed E-state index contributed by atoms with van der Waals surface area (Å²) >= 11 is 0. The Balaban J connectivity index is 1.27. The fourth-order valence-electron chi connectivity index (χ4n) is 4.51. The Hall–Kier alpha value is -2.45. The molecule has 9 heteroatoms. The largest absolute Gasteiger partial charge is 0.487 e. The molecule has 1 aromatic rings. The van der Waals surface area contributed by atoms with Crippen molar-refractivity contribution in [3.8, 4) is 5.75 Å². The minimum absolute atomic E-state index is 0.0711. The Bertz CT molecular complexity index is 820. The van der Waals surface area contributed by atoms with Crippen molar-refractivity contribution in [1.82, 2.24) is 10.2 Å². The maximum absolute atomic E-state index is 13.8. The Morgan fingerprint density at radius 3 is 2.48 bits per heavy atom. The van der Waals surface area contributed by atoms with Crippen LogP contribution in [0.5, 0.6) is 5.75 Å². The van der Waals surface area contributed by atoms with Crippen LogP contribution < -0.4 is 10.1 Å². The van der Waals surface area contributed by atoms with Crippen LogP contribution in [0.4, 0.5) is 18.0 Å². The molecule has 3 fully saturated rings. The molecule has 3 aliphatic rings. The Morgan fingerprint density at radius 2 is 1.86 bits per heavy atom. The minimum Gasteiger partial charge on any atom is -0.487 e. The number of benzene rings is 1. The van der Waals surface area contributed by atoms with Crippen molar-refractivity contribution in [3.05, 3.63) is 29.6 Å². The summed E-state index contributed by atoms with van der Waals surface area (Å²) in [4.78, 5) is 25.7. The maximum atomic E-state index is 13.8. The third-order valence-electron chi connectivity index (χ3n) is 6.27. The van der Waals surface area contributed by atoms with Gasteiger partial charge in [0.2, 0.25) is 5.91 Å². The summed E-state index contributed by atoms with van der Waals surface area (Å²) in [5.41, 5.74) is -0.382. The molecule has 4 rings (SSSR count). The van der Waals surface area contributed by atoms with Gasteiger partial charge in [-0.05, 0) is 38.5 Å². The van der Waals surface area contributed by atoms with Gasteiger partial charge in [0.15, 0.2) is 23.2 Å². The number of alkyl carbamates (subject to hydrolysis) is 1. The standard InChI is InChI=1S/C20H23F3N2O4/c1-11(29-17-7-15(22)14(21)6-16(17)23)12-2-4-25(5-3-12)18(26)13-8-20(9-13)10-28-19(27)24-20/h6-7,11-13H,2-5,8-10H2,1H3,(H,24,27)/t11?,13-,20+. The molecule has 0 bridgehead atoms. The van der Waals surface area contributed by atoms with Crippen LogP contribution in [0.1, 0.15) is 32.6 Å². The number of piperidine rings is 1. The van der Waals surface area contributed by atoms with E-state index >= 15 is 0 Å². The van der Waals surface area contributed by atoms with Gasteiger partial charge in [-0.3, -0.25) is 4.79 Å². The normalized spacial score (nSPS) is 27.9. The minimum atomic E-state index is -1.25. The van der Waals surface area contributed by atoms with E-state index in [-0.39, 0.29) is 29.0 Å². The van der Waals surface area contributed by atoms with Crippen LogP contribution in [-0.4, -0.2) is 48.2 Å². The van der Waals surface area contributed by atoms with Gasteiger partial charge >= 0.3 is 6.09 Å². The van der Waals surface area contributed by atoms with Gasteiger partial charge in [0, 0.05) is 31.1 Å². The summed E-state index contributed by atoms with van der Waals surface area (Å²) in [7, 11) is 0. The lowest BCUT2D eigenvalue weighted by atomic mass is 9.68. The lowest BCUT2D eigenvalue weighted by molar-refractivity contribution is -0.143. The molecule has 2 amide bonds. The molecule has 2 saturated heterocycles. The fourth-order valence-corrected chi connectivity index (χ4v) is 4.51. The average Bonchev–Trinajstić information content (AvgIpc) is 3.06. The number of carbonyl (C=O) groups is 2. The third kappa shape index (κ3) is 3.86. The molecule has 29 heavy (non-hydrogen) atoms. The molecule has 158 valence electrons. The van der Waals surface area contributed by atoms with Gasteiger partial charge in [-0.15, -0.1) is 0 Å². The average molecular weight is 412 g/mol. The van der Waals surface area contributed by atoms with E-state index < -0.39 is 29.6 Å². The van der Waals surface area contributed by atoms with Crippen LogP contribution >= 0.6 is 0 Å². The molecule has 1 saturated carbocycles. The first kappa shape index (κ1) is 19.8. The van der Waals surface area contributed by atoms with Crippen molar-refractivity contribution in [2.45, 2.75) is 44.2 Å². The number of halogens is 3. The topological polar surface area (TPSA) is 67.9 Å². The van der Waals surface area contributed by atoms with Gasteiger partial charge in [0.25, 0.3) is 0 Å². The van der Waals surface area contributed by atoms with Crippen LogP contribution in [-0.2, 0) is 9.53 Å². The van der Waals surface area contributed by atoms with Crippen LogP contribution in [0.25, 0.3) is 0 Å². The molecule has 0 radical (unpaired) electrons. The first-order valence-corrected chi connectivity index (χ1v) is 9.81. The number of cyclic esters (lactones) is 1. The molecule has 1 aromatic carbocycles. The van der Waals surface area contributed by atoms with E-state index in [9.17, 15) is 22.8 Å². The SMILES string of the molecule is CC(Oc1cc(F)c(F)cc1F)C1CCN(C(=O)[C@H]2C[C@]3(COC(=O)N3)C2)CC1. The van der Waals surface area contributed by atoms with Crippen molar-refractivity contribution >= 4 is 12.0 Å². The van der Waals surface area contributed by atoms with E-state index in [4.69, 9.17) is 9.47 Å². The highest BCUT2D eigenvalue weighted by Crippen LogP contribution is 2.42. The zero-order chi connectivity index (χ0) is 20.8. The highest BCUT2D eigenvalue weighted by atomic mass is 19.2. The Labute approximate surface area is 166 Å². The lowest BCUT2D eigenvalue weighted by Gasteiger charge is -2.45.